The third kappa shape index (κ3) is 5.01. The summed E-state index contributed by atoms with van der Waals surface area (Å²) in [5.41, 5.74) is 0.329. The largest absolute Gasteiger partial charge is 0.506 e. The molecule has 0 bridgehead atoms. The number of benzene rings is 2. The predicted octanol–water partition coefficient (Wildman–Crippen LogP) is 2.76. The number of carbonyl (C=O) groups excluding carboxylic acids is 2. The van der Waals surface area contributed by atoms with Crippen molar-refractivity contribution in [1.82, 2.24) is 0 Å². The molecule has 0 fully saturated rings. The molecule has 7 heteroatoms. The van der Waals surface area contributed by atoms with E-state index in [0.717, 1.165) is 0 Å². The lowest BCUT2D eigenvalue weighted by atomic mass is 10.2. The molecule has 0 unspecified atom stereocenters. The van der Waals surface area contributed by atoms with Gasteiger partial charge in [0.25, 0.3) is 5.91 Å². The van der Waals surface area contributed by atoms with Crippen molar-refractivity contribution in [2.24, 2.45) is 0 Å². The number of nitrogens with one attached hydrogen (secondary N) is 1. The Morgan fingerprint density at radius 2 is 1.85 bits per heavy atom. The number of carbonyl (C=O) groups is 2. The van der Waals surface area contributed by atoms with Crippen molar-refractivity contribution in [2.45, 2.75) is 0 Å². The maximum atomic E-state index is 12.0. The first-order chi connectivity index (χ1) is 12.5. The van der Waals surface area contributed by atoms with E-state index < -0.39 is 11.9 Å². The summed E-state index contributed by atoms with van der Waals surface area (Å²) >= 11 is 0. The molecule has 0 aliphatic rings. The first-order valence-corrected chi connectivity index (χ1v) is 7.72. The molecule has 7 nitrogen and oxygen atoms in total. The Hall–Kier alpha value is -3.48. The van der Waals surface area contributed by atoms with Gasteiger partial charge in [-0.05, 0) is 30.3 Å². The van der Waals surface area contributed by atoms with Crippen molar-refractivity contribution < 1.29 is 28.9 Å². The summed E-state index contributed by atoms with van der Waals surface area (Å²) in [4.78, 5) is 23.4. The summed E-state index contributed by atoms with van der Waals surface area (Å²) in [7, 11) is 1.24. The molecule has 0 radical (unpaired) electrons. The van der Waals surface area contributed by atoms with Crippen LogP contribution >= 0.6 is 0 Å². The zero-order valence-corrected chi connectivity index (χ0v) is 14.2. The van der Waals surface area contributed by atoms with E-state index in [9.17, 15) is 14.7 Å². The highest BCUT2D eigenvalue weighted by Gasteiger charge is 2.12. The van der Waals surface area contributed by atoms with E-state index >= 15 is 0 Å². The number of hydrogen-bond acceptors (Lipinski definition) is 6. The summed E-state index contributed by atoms with van der Waals surface area (Å²) in [6.07, 6.45) is 1.60. The molecule has 0 saturated carbocycles. The number of anilines is 1. The summed E-state index contributed by atoms with van der Waals surface area (Å²) in [6, 6.07) is 11.0. The highest BCUT2D eigenvalue weighted by molar-refractivity contribution is 5.95. The fourth-order valence-corrected chi connectivity index (χ4v) is 2.05. The van der Waals surface area contributed by atoms with Crippen LogP contribution in [-0.2, 0) is 9.53 Å². The van der Waals surface area contributed by atoms with Crippen LogP contribution in [0.2, 0.25) is 0 Å². The van der Waals surface area contributed by atoms with Crippen molar-refractivity contribution in [1.29, 1.82) is 0 Å². The Bertz CT molecular complexity index is 802. The number of aromatic hydroxyl groups is 1. The van der Waals surface area contributed by atoms with Gasteiger partial charge in [-0.3, -0.25) is 4.79 Å². The second-order valence-electron chi connectivity index (χ2n) is 5.11. The number of rotatable bonds is 8. The monoisotopic (exact) mass is 357 g/mol. The topological polar surface area (TPSA) is 94.1 Å². The number of esters is 1. The third-order valence-electron chi connectivity index (χ3n) is 3.26. The van der Waals surface area contributed by atoms with Gasteiger partial charge >= 0.3 is 5.97 Å². The predicted molar refractivity (Wildman–Crippen MR) is 95.7 cm³/mol. The zero-order chi connectivity index (χ0) is 18.9. The van der Waals surface area contributed by atoms with Gasteiger partial charge in [0.1, 0.15) is 12.4 Å². The summed E-state index contributed by atoms with van der Waals surface area (Å²) in [6.45, 7) is 3.60. The molecule has 1 amide bonds. The molecule has 0 heterocycles. The van der Waals surface area contributed by atoms with Gasteiger partial charge < -0.3 is 24.6 Å². The summed E-state index contributed by atoms with van der Waals surface area (Å²) in [5.74, 6) is -0.418. The Labute approximate surface area is 150 Å². The number of phenolic OH excluding ortho intramolecular Hbond substituents is 1. The number of para-hydroxylation sites is 2. The molecule has 26 heavy (non-hydrogen) atoms. The third-order valence-corrected chi connectivity index (χ3v) is 3.26. The minimum absolute atomic E-state index is 0.155. The molecule has 2 rings (SSSR count). The van der Waals surface area contributed by atoms with Gasteiger partial charge in [0.15, 0.2) is 18.1 Å². The van der Waals surface area contributed by atoms with E-state index in [-0.39, 0.29) is 23.6 Å². The first-order valence-electron chi connectivity index (χ1n) is 7.72. The number of amides is 1. The lowest BCUT2D eigenvalue weighted by Crippen LogP contribution is -2.20. The fourth-order valence-electron chi connectivity index (χ4n) is 2.05. The normalized spacial score (nSPS) is 9.88. The van der Waals surface area contributed by atoms with Gasteiger partial charge in [0.05, 0.1) is 18.4 Å². The van der Waals surface area contributed by atoms with Crippen molar-refractivity contribution >= 4 is 17.6 Å². The van der Waals surface area contributed by atoms with Crippen LogP contribution in [0, 0.1) is 0 Å². The molecule has 0 atom stereocenters. The van der Waals surface area contributed by atoms with E-state index in [4.69, 9.17) is 9.47 Å². The van der Waals surface area contributed by atoms with Gasteiger partial charge in [-0.15, -0.1) is 0 Å². The zero-order valence-electron chi connectivity index (χ0n) is 14.2. The van der Waals surface area contributed by atoms with Crippen molar-refractivity contribution in [3.05, 3.63) is 60.7 Å². The maximum Gasteiger partial charge on any atom is 0.337 e. The van der Waals surface area contributed by atoms with Gasteiger partial charge in [-0.25, -0.2) is 4.79 Å². The highest BCUT2D eigenvalue weighted by Crippen LogP contribution is 2.27. The van der Waals surface area contributed by atoms with E-state index in [1.54, 1.807) is 30.3 Å². The number of phenols is 1. The van der Waals surface area contributed by atoms with Crippen LogP contribution in [0.15, 0.2) is 55.1 Å². The van der Waals surface area contributed by atoms with Crippen LogP contribution in [0.3, 0.4) is 0 Å². The van der Waals surface area contributed by atoms with E-state index in [2.05, 4.69) is 16.6 Å². The van der Waals surface area contributed by atoms with Gasteiger partial charge in [0.2, 0.25) is 0 Å². The van der Waals surface area contributed by atoms with Gasteiger partial charge in [-0.2, -0.15) is 0 Å². The SMILES string of the molecule is C=CCOc1ccccc1OCC(=O)Nc1ccc(C(=O)OC)cc1O. The van der Waals surface area contributed by atoms with Crippen LogP contribution in [0.5, 0.6) is 17.2 Å². The fraction of sp³-hybridized carbons (Fsp3) is 0.158. The quantitative estimate of drug-likeness (QED) is 0.429. The average molecular weight is 357 g/mol. The van der Waals surface area contributed by atoms with E-state index in [0.29, 0.717) is 18.1 Å². The number of ether oxygens (including phenoxy) is 3. The molecule has 0 aliphatic carbocycles. The minimum atomic E-state index is -0.586. The number of methoxy groups -OCH3 is 1. The first kappa shape index (κ1) is 18.9. The standard InChI is InChI=1S/C19H19NO6/c1-3-10-25-16-6-4-5-7-17(16)26-12-18(22)20-14-9-8-13(11-15(14)21)19(23)24-2/h3-9,11,21H,1,10,12H2,2H3,(H,20,22). The Kier molecular flexibility index (Phi) is 6.61. The van der Waals surface area contributed by atoms with Crippen molar-refractivity contribution in [2.75, 3.05) is 25.6 Å². The van der Waals surface area contributed by atoms with E-state index in [1.807, 2.05) is 0 Å². The average Bonchev–Trinajstić information content (AvgIpc) is 2.66. The molecule has 2 aromatic carbocycles. The van der Waals surface area contributed by atoms with E-state index in [1.165, 1.54) is 25.3 Å². The van der Waals surface area contributed by atoms with Crippen molar-refractivity contribution in [3.8, 4) is 17.2 Å². The summed E-state index contributed by atoms with van der Waals surface area (Å²) < 4.78 is 15.5. The van der Waals surface area contributed by atoms with Crippen molar-refractivity contribution in [3.63, 3.8) is 0 Å². The molecular weight excluding hydrogens is 338 g/mol. The molecule has 0 aromatic heterocycles. The van der Waals surface area contributed by atoms with Crippen LogP contribution in [0.4, 0.5) is 5.69 Å². The second kappa shape index (κ2) is 9.12. The van der Waals surface area contributed by atoms with Crippen LogP contribution in [-0.4, -0.2) is 37.3 Å². The van der Waals surface area contributed by atoms with Crippen LogP contribution in [0.1, 0.15) is 10.4 Å². The molecule has 0 saturated heterocycles. The molecule has 136 valence electrons. The second-order valence-corrected chi connectivity index (χ2v) is 5.11. The number of hydrogen-bond donors (Lipinski definition) is 2. The molecule has 2 aromatic rings. The maximum absolute atomic E-state index is 12.0. The summed E-state index contributed by atoms with van der Waals surface area (Å²) in [5, 5.41) is 12.4. The molecular formula is C19H19NO6. The lowest BCUT2D eigenvalue weighted by molar-refractivity contribution is -0.118. The minimum Gasteiger partial charge on any atom is -0.506 e. The smallest absolute Gasteiger partial charge is 0.337 e. The molecule has 2 N–H and O–H groups in total. The van der Waals surface area contributed by atoms with Gasteiger partial charge in [0, 0.05) is 0 Å². The lowest BCUT2D eigenvalue weighted by Gasteiger charge is -2.12. The Morgan fingerprint density at radius 3 is 2.46 bits per heavy atom. The highest BCUT2D eigenvalue weighted by atomic mass is 16.5. The molecule has 0 aliphatic heterocycles. The van der Waals surface area contributed by atoms with Crippen LogP contribution in [0.25, 0.3) is 0 Å². The van der Waals surface area contributed by atoms with Crippen LogP contribution < -0.4 is 14.8 Å². The Morgan fingerprint density at radius 1 is 1.15 bits per heavy atom. The molecule has 0 spiro atoms. The Balaban J connectivity index is 1.97. The van der Waals surface area contributed by atoms with Gasteiger partial charge in [-0.1, -0.05) is 24.8 Å².